The van der Waals surface area contributed by atoms with Crippen LogP contribution in [0.15, 0.2) is 11.6 Å². The molecule has 1 unspecified atom stereocenters. The summed E-state index contributed by atoms with van der Waals surface area (Å²) in [6, 6.07) is 0. The number of carbonyl (C=O) groups excluding carboxylic acids is 1. The first kappa shape index (κ1) is 11.3. The van der Waals surface area contributed by atoms with Crippen LogP contribution < -0.4 is 10.6 Å². The highest BCUT2D eigenvalue weighted by atomic mass is 32.1. The van der Waals surface area contributed by atoms with Crippen LogP contribution in [0.2, 0.25) is 0 Å². The predicted molar refractivity (Wildman–Crippen MR) is 62.5 cm³/mol. The van der Waals surface area contributed by atoms with E-state index in [4.69, 9.17) is 10.5 Å². The lowest BCUT2D eigenvalue weighted by molar-refractivity contribution is -0.116. The first-order valence-electron chi connectivity index (χ1n) is 5.30. The van der Waals surface area contributed by atoms with Crippen molar-refractivity contribution >= 4 is 22.4 Å². The summed E-state index contributed by atoms with van der Waals surface area (Å²) in [5.74, 6) is -0.340. The van der Waals surface area contributed by atoms with Crippen LogP contribution in [0.4, 0.5) is 5.13 Å². The molecule has 1 amide bonds. The van der Waals surface area contributed by atoms with E-state index < -0.39 is 0 Å². The number of rotatable bonds is 5. The molecule has 0 spiro atoms. The Morgan fingerprint density at radius 1 is 1.75 bits per heavy atom. The average Bonchev–Trinajstić information content (AvgIpc) is 2.88. The minimum absolute atomic E-state index is 0.197. The SMILES string of the molecule is NC(=O)CN(CC1CCCO1)c1nccs1. The van der Waals surface area contributed by atoms with Gasteiger partial charge in [0.1, 0.15) is 0 Å². The van der Waals surface area contributed by atoms with Gasteiger partial charge < -0.3 is 15.4 Å². The number of carbonyl (C=O) groups is 1. The smallest absolute Gasteiger partial charge is 0.237 e. The zero-order valence-corrected chi connectivity index (χ0v) is 9.78. The molecule has 0 bridgehead atoms. The summed E-state index contributed by atoms with van der Waals surface area (Å²) < 4.78 is 5.55. The Labute approximate surface area is 98.2 Å². The number of hydrogen-bond donors (Lipinski definition) is 1. The molecule has 1 aliphatic heterocycles. The molecule has 6 heteroatoms. The molecule has 0 radical (unpaired) electrons. The van der Waals surface area contributed by atoms with Crippen LogP contribution in [-0.4, -0.2) is 36.7 Å². The van der Waals surface area contributed by atoms with Crippen molar-refractivity contribution in [3.63, 3.8) is 0 Å². The molecular formula is C10H15N3O2S. The number of nitrogens with zero attached hydrogens (tertiary/aromatic N) is 2. The Balaban J connectivity index is 1.99. The molecule has 16 heavy (non-hydrogen) atoms. The first-order valence-corrected chi connectivity index (χ1v) is 6.18. The van der Waals surface area contributed by atoms with E-state index in [-0.39, 0.29) is 18.6 Å². The molecule has 1 fully saturated rings. The fourth-order valence-electron chi connectivity index (χ4n) is 1.80. The van der Waals surface area contributed by atoms with E-state index in [0.717, 1.165) is 24.6 Å². The van der Waals surface area contributed by atoms with E-state index in [0.29, 0.717) is 6.54 Å². The molecule has 1 aromatic heterocycles. The second kappa shape index (κ2) is 5.27. The van der Waals surface area contributed by atoms with Crippen LogP contribution in [0.1, 0.15) is 12.8 Å². The van der Waals surface area contributed by atoms with Gasteiger partial charge in [0.25, 0.3) is 0 Å². The number of hydrogen-bond acceptors (Lipinski definition) is 5. The molecular weight excluding hydrogens is 226 g/mol. The maximum Gasteiger partial charge on any atom is 0.237 e. The lowest BCUT2D eigenvalue weighted by atomic mass is 10.2. The van der Waals surface area contributed by atoms with Gasteiger partial charge in [-0.2, -0.15) is 0 Å². The predicted octanol–water partition coefficient (Wildman–Crippen LogP) is 0.614. The number of ether oxygens (including phenoxy) is 1. The van der Waals surface area contributed by atoms with Crippen molar-refractivity contribution in [2.75, 3.05) is 24.6 Å². The minimum Gasteiger partial charge on any atom is -0.376 e. The minimum atomic E-state index is -0.340. The van der Waals surface area contributed by atoms with Gasteiger partial charge >= 0.3 is 0 Å². The standard InChI is InChI=1S/C10H15N3O2S/c11-9(14)7-13(10-12-3-5-16-10)6-8-2-1-4-15-8/h3,5,8H,1-2,4,6-7H2,(H2,11,14). The maximum absolute atomic E-state index is 11.0. The molecule has 0 saturated carbocycles. The number of nitrogens with two attached hydrogens (primary N) is 1. The van der Waals surface area contributed by atoms with E-state index in [2.05, 4.69) is 4.98 Å². The molecule has 1 saturated heterocycles. The lowest BCUT2D eigenvalue weighted by Crippen LogP contribution is -2.38. The summed E-state index contributed by atoms with van der Waals surface area (Å²) >= 11 is 1.51. The zero-order chi connectivity index (χ0) is 11.4. The van der Waals surface area contributed by atoms with Crippen molar-refractivity contribution in [3.05, 3.63) is 11.6 Å². The van der Waals surface area contributed by atoms with Gasteiger partial charge in [0.2, 0.25) is 5.91 Å². The van der Waals surface area contributed by atoms with Gasteiger partial charge in [0, 0.05) is 24.7 Å². The van der Waals surface area contributed by atoms with E-state index in [9.17, 15) is 4.79 Å². The second-order valence-corrected chi connectivity index (χ2v) is 4.67. The monoisotopic (exact) mass is 241 g/mol. The largest absolute Gasteiger partial charge is 0.376 e. The summed E-state index contributed by atoms with van der Waals surface area (Å²) in [5, 5.41) is 2.72. The maximum atomic E-state index is 11.0. The van der Waals surface area contributed by atoms with Crippen LogP contribution in [0.5, 0.6) is 0 Å². The molecule has 88 valence electrons. The Bertz CT molecular complexity index is 336. The van der Waals surface area contributed by atoms with Gasteiger partial charge in [-0.1, -0.05) is 0 Å². The number of primary amides is 1. The van der Waals surface area contributed by atoms with E-state index in [1.807, 2.05) is 10.3 Å². The van der Waals surface area contributed by atoms with Crippen LogP contribution in [0.3, 0.4) is 0 Å². The van der Waals surface area contributed by atoms with Crippen molar-refractivity contribution in [1.29, 1.82) is 0 Å². The van der Waals surface area contributed by atoms with Crippen LogP contribution >= 0.6 is 11.3 Å². The van der Waals surface area contributed by atoms with Gasteiger partial charge in [0.15, 0.2) is 5.13 Å². The summed E-state index contributed by atoms with van der Waals surface area (Å²) in [7, 11) is 0. The van der Waals surface area contributed by atoms with Crippen LogP contribution in [0, 0.1) is 0 Å². The van der Waals surface area contributed by atoms with E-state index in [1.54, 1.807) is 6.20 Å². The summed E-state index contributed by atoms with van der Waals surface area (Å²) in [6.45, 7) is 1.71. The second-order valence-electron chi connectivity index (χ2n) is 3.80. The molecule has 2 N–H and O–H groups in total. The molecule has 1 aromatic rings. The number of thiazole rings is 1. The normalized spacial score (nSPS) is 19.9. The van der Waals surface area contributed by atoms with Gasteiger partial charge in [-0.25, -0.2) is 4.98 Å². The zero-order valence-electron chi connectivity index (χ0n) is 8.96. The Morgan fingerprint density at radius 2 is 2.62 bits per heavy atom. The molecule has 0 aromatic carbocycles. The molecule has 2 rings (SSSR count). The summed E-state index contributed by atoms with van der Waals surface area (Å²) in [6.07, 6.45) is 4.06. The fraction of sp³-hybridized carbons (Fsp3) is 0.600. The molecule has 1 aliphatic rings. The van der Waals surface area contributed by atoms with Crippen molar-refractivity contribution in [3.8, 4) is 0 Å². The Morgan fingerprint density at radius 3 is 3.19 bits per heavy atom. The van der Waals surface area contributed by atoms with Crippen molar-refractivity contribution in [2.24, 2.45) is 5.73 Å². The van der Waals surface area contributed by atoms with E-state index >= 15 is 0 Å². The van der Waals surface area contributed by atoms with Crippen molar-refractivity contribution in [1.82, 2.24) is 4.98 Å². The highest BCUT2D eigenvalue weighted by molar-refractivity contribution is 7.13. The fourth-order valence-corrected chi connectivity index (χ4v) is 2.46. The van der Waals surface area contributed by atoms with Gasteiger partial charge in [-0.05, 0) is 12.8 Å². The third kappa shape index (κ3) is 2.93. The van der Waals surface area contributed by atoms with Gasteiger partial charge in [0.05, 0.1) is 12.6 Å². The lowest BCUT2D eigenvalue weighted by Gasteiger charge is -2.23. The van der Waals surface area contributed by atoms with Gasteiger partial charge in [-0.3, -0.25) is 4.79 Å². The number of amides is 1. The van der Waals surface area contributed by atoms with Crippen molar-refractivity contribution in [2.45, 2.75) is 18.9 Å². The average molecular weight is 241 g/mol. The number of anilines is 1. The summed E-state index contributed by atoms with van der Waals surface area (Å²) in [4.78, 5) is 17.1. The molecule has 2 heterocycles. The molecule has 1 atom stereocenters. The molecule has 0 aliphatic carbocycles. The molecule has 5 nitrogen and oxygen atoms in total. The first-order chi connectivity index (χ1) is 7.75. The highest BCUT2D eigenvalue weighted by Gasteiger charge is 2.21. The third-order valence-electron chi connectivity index (χ3n) is 2.48. The van der Waals surface area contributed by atoms with Crippen LogP contribution in [0.25, 0.3) is 0 Å². The summed E-state index contributed by atoms with van der Waals surface area (Å²) in [5.41, 5.74) is 5.23. The van der Waals surface area contributed by atoms with E-state index in [1.165, 1.54) is 11.3 Å². The topological polar surface area (TPSA) is 68.5 Å². The van der Waals surface area contributed by atoms with Crippen molar-refractivity contribution < 1.29 is 9.53 Å². The quantitative estimate of drug-likeness (QED) is 0.820. The van der Waals surface area contributed by atoms with Crippen LogP contribution in [-0.2, 0) is 9.53 Å². The highest BCUT2D eigenvalue weighted by Crippen LogP contribution is 2.20. The Kier molecular flexibility index (Phi) is 3.74. The van der Waals surface area contributed by atoms with Gasteiger partial charge in [-0.15, -0.1) is 11.3 Å². The third-order valence-corrected chi connectivity index (χ3v) is 3.32. The number of aromatic nitrogens is 1. The Hall–Kier alpha value is -1.14.